The molecule has 2 unspecified atom stereocenters. The zero-order chi connectivity index (χ0) is 13.7. The van der Waals surface area contributed by atoms with Crippen molar-refractivity contribution in [2.24, 2.45) is 17.6 Å². The largest absolute Gasteiger partial charge is 0.329 e. The first-order chi connectivity index (χ1) is 9.20. The van der Waals surface area contributed by atoms with Gasteiger partial charge in [0.05, 0.1) is 0 Å². The second-order valence-electron chi connectivity index (χ2n) is 7.18. The fourth-order valence-corrected chi connectivity index (χ4v) is 4.45. The molecule has 2 heteroatoms. The molecule has 0 radical (unpaired) electrons. The van der Waals surface area contributed by atoms with Gasteiger partial charge < -0.3 is 5.73 Å². The number of rotatable bonds is 5. The molecule has 2 nitrogen and oxygen atoms in total. The Balaban J connectivity index is 1.94. The minimum atomic E-state index is 0.316. The fraction of sp³-hybridized carbons (Fsp3) is 1.00. The number of hydrogen-bond acceptors (Lipinski definition) is 2. The van der Waals surface area contributed by atoms with Gasteiger partial charge in [-0.15, -0.1) is 0 Å². The van der Waals surface area contributed by atoms with Crippen molar-refractivity contribution in [3.05, 3.63) is 0 Å². The SMILES string of the molecule is CCC1CCCC(CN)(N(C)CC2CCCCC2)C1. The van der Waals surface area contributed by atoms with Crippen LogP contribution < -0.4 is 5.73 Å². The van der Waals surface area contributed by atoms with Crippen molar-refractivity contribution >= 4 is 0 Å². The minimum absolute atomic E-state index is 0.316. The molecule has 0 heterocycles. The summed E-state index contributed by atoms with van der Waals surface area (Å²) in [7, 11) is 2.35. The molecule has 2 saturated carbocycles. The summed E-state index contributed by atoms with van der Waals surface area (Å²) in [6.07, 6.45) is 14.0. The minimum Gasteiger partial charge on any atom is -0.329 e. The molecule has 2 atom stereocenters. The highest BCUT2D eigenvalue weighted by atomic mass is 15.2. The van der Waals surface area contributed by atoms with Crippen LogP contribution in [0.4, 0.5) is 0 Å². The van der Waals surface area contributed by atoms with E-state index in [-0.39, 0.29) is 0 Å². The Kier molecular flexibility index (Phi) is 5.70. The Labute approximate surface area is 120 Å². The van der Waals surface area contributed by atoms with Crippen molar-refractivity contribution in [2.75, 3.05) is 20.1 Å². The van der Waals surface area contributed by atoms with Crippen LogP contribution in [0, 0.1) is 11.8 Å². The molecule has 19 heavy (non-hydrogen) atoms. The van der Waals surface area contributed by atoms with Crippen LogP contribution >= 0.6 is 0 Å². The third-order valence-electron chi connectivity index (χ3n) is 5.95. The average molecular weight is 266 g/mol. The molecule has 0 aromatic rings. The smallest absolute Gasteiger partial charge is 0.0331 e. The molecule has 0 aromatic heterocycles. The van der Waals surface area contributed by atoms with Crippen molar-refractivity contribution in [3.8, 4) is 0 Å². The summed E-state index contributed by atoms with van der Waals surface area (Å²) in [6.45, 7) is 4.48. The first kappa shape index (κ1) is 15.3. The van der Waals surface area contributed by atoms with E-state index >= 15 is 0 Å². The molecule has 2 rings (SSSR count). The lowest BCUT2D eigenvalue weighted by Gasteiger charge is -2.48. The van der Waals surface area contributed by atoms with Crippen LogP contribution in [0.3, 0.4) is 0 Å². The summed E-state index contributed by atoms with van der Waals surface area (Å²) in [5, 5.41) is 0. The number of nitrogens with zero attached hydrogens (tertiary/aromatic N) is 1. The summed E-state index contributed by atoms with van der Waals surface area (Å²) in [5.74, 6) is 1.84. The molecule has 2 N–H and O–H groups in total. The molecule has 0 aromatic carbocycles. The summed E-state index contributed by atoms with van der Waals surface area (Å²) in [4.78, 5) is 2.66. The van der Waals surface area contributed by atoms with Crippen LogP contribution in [0.1, 0.15) is 71.1 Å². The standard InChI is InChI=1S/C17H34N2/c1-3-15-10-7-11-17(12-15,14-18)19(2)13-16-8-5-4-6-9-16/h15-16H,3-14,18H2,1-2H3. The van der Waals surface area contributed by atoms with E-state index in [9.17, 15) is 0 Å². The van der Waals surface area contributed by atoms with Crippen molar-refractivity contribution in [1.82, 2.24) is 4.90 Å². The van der Waals surface area contributed by atoms with Crippen LogP contribution in [0.5, 0.6) is 0 Å². The van der Waals surface area contributed by atoms with E-state index in [1.807, 2.05) is 0 Å². The molecule has 0 amide bonds. The predicted molar refractivity (Wildman–Crippen MR) is 83.2 cm³/mol. The van der Waals surface area contributed by atoms with Crippen molar-refractivity contribution in [3.63, 3.8) is 0 Å². The molecular formula is C17H34N2. The van der Waals surface area contributed by atoms with Gasteiger partial charge in [-0.2, -0.15) is 0 Å². The number of hydrogen-bond donors (Lipinski definition) is 1. The van der Waals surface area contributed by atoms with Gasteiger partial charge in [0.15, 0.2) is 0 Å². The third kappa shape index (κ3) is 3.72. The second-order valence-corrected chi connectivity index (χ2v) is 7.18. The molecule has 112 valence electrons. The van der Waals surface area contributed by atoms with Crippen LogP contribution in [0.2, 0.25) is 0 Å². The Morgan fingerprint density at radius 2 is 1.74 bits per heavy atom. The van der Waals surface area contributed by atoms with E-state index in [0.29, 0.717) is 5.54 Å². The van der Waals surface area contributed by atoms with Crippen molar-refractivity contribution in [1.29, 1.82) is 0 Å². The fourth-order valence-electron chi connectivity index (χ4n) is 4.45. The lowest BCUT2D eigenvalue weighted by Crippen LogP contribution is -2.56. The van der Waals surface area contributed by atoms with Crippen LogP contribution in [0.15, 0.2) is 0 Å². The Bertz CT molecular complexity index is 260. The maximum atomic E-state index is 6.22. The van der Waals surface area contributed by atoms with Crippen LogP contribution in [-0.2, 0) is 0 Å². The van der Waals surface area contributed by atoms with E-state index in [0.717, 1.165) is 18.4 Å². The lowest BCUT2D eigenvalue weighted by molar-refractivity contribution is 0.0394. The first-order valence-electron chi connectivity index (χ1n) is 8.61. The molecule has 0 aliphatic heterocycles. The Morgan fingerprint density at radius 3 is 2.37 bits per heavy atom. The van der Waals surface area contributed by atoms with Gasteiger partial charge >= 0.3 is 0 Å². The monoisotopic (exact) mass is 266 g/mol. The summed E-state index contributed by atoms with van der Waals surface area (Å²) >= 11 is 0. The lowest BCUT2D eigenvalue weighted by atomic mass is 9.73. The molecular weight excluding hydrogens is 232 g/mol. The maximum absolute atomic E-state index is 6.22. The molecule has 0 saturated heterocycles. The van der Waals surface area contributed by atoms with Gasteiger partial charge in [-0.1, -0.05) is 45.4 Å². The molecule has 0 spiro atoms. The summed E-state index contributed by atoms with van der Waals surface area (Å²) in [6, 6.07) is 0. The van der Waals surface area contributed by atoms with Crippen LogP contribution in [-0.4, -0.2) is 30.6 Å². The van der Waals surface area contributed by atoms with Crippen LogP contribution in [0.25, 0.3) is 0 Å². The highest BCUT2D eigenvalue weighted by molar-refractivity contribution is 4.96. The van der Waals surface area contributed by atoms with Gasteiger partial charge in [-0.3, -0.25) is 4.90 Å². The molecule has 2 fully saturated rings. The number of likely N-dealkylation sites (N-methyl/N-ethyl adjacent to an activating group) is 1. The van der Waals surface area contributed by atoms with E-state index in [1.54, 1.807) is 0 Å². The van der Waals surface area contributed by atoms with E-state index in [1.165, 1.54) is 70.8 Å². The van der Waals surface area contributed by atoms with Crippen molar-refractivity contribution in [2.45, 2.75) is 76.7 Å². The topological polar surface area (TPSA) is 29.3 Å². The van der Waals surface area contributed by atoms with E-state index in [2.05, 4.69) is 18.9 Å². The molecule has 2 aliphatic rings. The maximum Gasteiger partial charge on any atom is 0.0331 e. The predicted octanol–water partition coefficient (Wildman–Crippen LogP) is 3.80. The molecule has 2 aliphatic carbocycles. The highest BCUT2D eigenvalue weighted by Crippen LogP contribution is 2.38. The normalized spacial score (nSPS) is 33.8. The quantitative estimate of drug-likeness (QED) is 0.820. The Hall–Kier alpha value is -0.0800. The van der Waals surface area contributed by atoms with Gasteiger partial charge in [-0.25, -0.2) is 0 Å². The molecule has 0 bridgehead atoms. The van der Waals surface area contributed by atoms with Gasteiger partial charge in [0.1, 0.15) is 0 Å². The van der Waals surface area contributed by atoms with Crippen molar-refractivity contribution < 1.29 is 0 Å². The van der Waals surface area contributed by atoms with Gasteiger partial charge in [0.2, 0.25) is 0 Å². The zero-order valence-corrected chi connectivity index (χ0v) is 13.2. The van der Waals surface area contributed by atoms with Gasteiger partial charge in [0, 0.05) is 18.6 Å². The highest BCUT2D eigenvalue weighted by Gasteiger charge is 2.38. The summed E-state index contributed by atoms with van der Waals surface area (Å²) in [5.41, 5.74) is 6.54. The van der Waals surface area contributed by atoms with E-state index in [4.69, 9.17) is 5.73 Å². The van der Waals surface area contributed by atoms with Gasteiger partial charge in [0.25, 0.3) is 0 Å². The van der Waals surface area contributed by atoms with E-state index < -0.39 is 0 Å². The summed E-state index contributed by atoms with van der Waals surface area (Å²) < 4.78 is 0. The average Bonchev–Trinajstić information content (AvgIpc) is 2.48. The second kappa shape index (κ2) is 7.08. The number of nitrogens with two attached hydrogens (primary N) is 1. The Morgan fingerprint density at radius 1 is 1.05 bits per heavy atom. The third-order valence-corrected chi connectivity index (χ3v) is 5.95. The van der Waals surface area contributed by atoms with Gasteiger partial charge in [-0.05, 0) is 44.6 Å². The first-order valence-corrected chi connectivity index (χ1v) is 8.61. The zero-order valence-electron chi connectivity index (χ0n) is 13.2.